The predicted molar refractivity (Wildman–Crippen MR) is 82.2 cm³/mol. The van der Waals surface area contributed by atoms with Crippen LogP contribution in [-0.2, 0) is 4.79 Å². The van der Waals surface area contributed by atoms with Gasteiger partial charge in [0.05, 0.1) is 19.0 Å². The molecule has 6 heteroatoms. The molecule has 6 nitrogen and oxygen atoms in total. The van der Waals surface area contributed by atoms with Gasteiger partial charge in [0.15, 0.2) is 6.10 Å². The molecule has 0 aliphatic carbocycles. The molecule has 2 aromatic rings. The minimum atomic E-state index is -1.00. The molecule has 0 radical (unpaired) electrons. The van der Waals surface area contributed by atoms with Crippen LogP contribution in [0.1, 0.15) is 12.5 Å². The normalized spacial score (nSPS) is 12.1. The number of ether oxygens (including phenoxy) is 2. The van der Waals surface area contributed by atoms with Gasteiger partial charge in [-0.25, -0.2) is 9.78 Å². The van der Waals surface area contributed by atoms with Crippen LogP contribution in [0.5, 0.6) is 11.6 Å². The molecule has 0 bridgehead atoms. The number of methoxy groups -OCH3 is 1. The summed E-state index contributed by atoms with van der Waals surface area (Å²) in [5, 5.41) is 8.78. The smallest absolute Gasteiger partial charge is 0.344 e. The van der Waals surface area contributed by atoms with Crippen LogP contribution in [0.25, 0.3) is 0 Å². The number of carbonyl (C=O) groups is 1. The number of aliphatic carboxylic acids is 1. The molecule has 0 aliphatic rings. The highest BCUT2D eigenvalue weighted by atomic mass is 16.5. The van der Waals surface area contributed by atoms with Gasteiger partial charge in [0.2, 0.25) is 5.88 Å². The van der Waals surface area contributed by atoms with E-state index in [2.05, 4.69) is 9.98 Å². The Kier molecular flexibility index (Phi) is 5.08. The molecular formula is C16H16N2O4. The van der Waals surface area contributed by atoms with Gasteiger partial charge < -0.3 is 14.6 Å². The van der Waals surface area contributed by atoms with Gasteiger partial charge in [-0.15, -0.1) is 0 Å². The molecule has 0 fully saturated rings. The third-order valence-corrected chi connectivity index (χ3v) is 2.83. The van der Waals surface area contributed by atoms with E-state index in [-0.39, 0.29) is 0 Å². The van der Waals surface area contributed by atoms with E-state index in [4.69, 9.17) is 14.6 Å². The van der Waals surface area contributed by atoms with Crippen molar-refractivity contribution in [1.82, 2.24) is 4.98 Å². The number of nitrogens with zero attached hydrogens (tertiary/aromatic N) is 2. The highest BCUT2D eigenvalue weighted by Gasteiger charge is 2.11. The second-order valence-electron chi connectivity index (χ2n) is 4.48. The minimum Gasteiger partial charge on any atom is -0.481 e. The van der Waals surface area contributed by atoms with Gasteiger partial charge >= 0.3 is 5.97 Å². The second kappa shape index (κ2) is 7.21. The molecule has 0 aliphatic heterocycles. The molecule has 1 aromatic carbocycles. The number of hydrogen-bond acceptors (Lipinski definition) is 5. The van der Waals surface area contributed by atoms with E-state index < -0.39 is 12.1 Å². The molecule has 22 heavy (non-hydrogen) atoms. The highest BCUT2D eigenvalue weighted by molar-refractivity contribution is 5.82. The first-order chi connectivity index (χ1) is 10.6. The largest absolute Gasteiger partial charge is 0.481 e. The number of hydrogen-bond donors (Lipinski definition) is 1. The molecule has 1 atom stereocenters. The van der Waals surface area contributed by atoms with Gasteiger partial charge in [-0.1, -0.05) is 0 Å². The summed E-state index contributed by atoms with van der Waals surface area (Å²) in [6.07, 6.45) is 2.42. The molecule has 0 amide bonds. The Bertz CT molecular complexity index is 651. The molecule has 2 rings (SSSR count). The molecule has 1 heterocycles. The average Bonchev–Trinajstić information content (AvgIpc) is 2.54. The van der Waals surface area contributed by atoms with Crippen molar-refractivity contribution in [2.24, 2.45) is 4.99 Å². The van der Waals surface area contributed by atoms with Crippen molar-refractivity contribution in [3.05, 3.63) is 48.2 Å². The van der Waals surface area contributed by atoms with Gasteiger partial charge in [0.25, 0.3) is 0 Å². The van der Waals surface area contributed by atoms with E-state index in [0.29, 0.717) is 17.3 Å². The lowest BCUT2D eigenvalue weighted by molar-refractivity contribution is -0.144. The van der Waals surface area contributed by atoms with Crippen molar-refractivity contribution in [3.8, 4) is 11.6 Å². The predicted octanol–water partition coefficient (Wildman–Crippen LogP) is 2.69. The van der Waals surface area contributed by atoms with Crippen LogP contribution in [0.3, 0.4) is 0 Å². The van der Waals surface area contributed by atoms with Crippen molar-refractivity contribution in [1.29, 1.82) is 0 Å². The lowest BCUT2D eigenvalue weighted by Gasteiger charge is -2.09. The van der Waals surface area contributed by atoms with Crippen LogP contribution in [0, 0.1) is 0 Å². The summed E-state index contributed by atoms with van der Waals surface area (Å²) in [7, 11) is 1.56. The monoisotopic (exact) mass is 300 g/mol. The van der Waals surface area contributed by atoms with E-state index in [9.17, 15) is 4.79 Å². The van der Waals surface area contributed by atoms with Crippen LogP contribution >= 0.6 is 0 Å². The number of aromatic nitrogens is 1. The highest BCUT2D eigenvalue weighted by Crippen LogP contribution is 2.16. The molecule has 114 valence electrons. The average molecular weight is 300 g/mol. The van der Waals surface area contributed by atoms with E-state index in [1.807, 2.05) is 0 Å². The third-order valence-electron chi connectivity index (χ3n) is 2.83. The molecule has 0 unspecified atom stereocenters. The maximum Gasteiger partial charge on any atom is 0.344 e. The lowest BCUT2D eigenvalue weighted by atomic mass is 10.2. The Morgan fingerprint density at radius 1 is 1.27 bits per heavy atom. The van der Waals surface area contributed by atoms with Crippen molar-refractivity contribution < 1.29 is 19.4 Å². The first kappa shape index (κ1) is 15.5. The topological polar surface area (TPSA) is 81.0 Å². The second-order valence-corrected chi connectivity index (χ2v) is 4.48. The molecular weight excluding hydrogens is 284 g/mol. The Hall–Kier alpha value is -2.89. The number of aliphatic imine (C=N–C) groups is 1. The number of pyridine rings is 1. The zero-order chi connectivity index (χ0) is 15.9. The Morgan fingerprint density at radius 2 is 2.00 bits per heavy atom. The van der Waals surface area contributed by atoms with Gasteiger partial charge in [-0.3, -0.25) is 4.99 Å². The van der Waals surface area contributed by atoms with E-state index >= 15 is 0 Å². The molecule has 0 saturated heterocycles. The van der Waals surface area contributed by atoms with Crippen molar-refractivity contribution >= 4 is 17.9 Å². The first-order valence-corrected chi connectivity index (χ1v) is 6.62. The Morgan fingerprint density at radius 3 is 2.55 bits per heavy atom. The zero-order valence-electron chi connectivity index (χ0n) is 12.3. The molecule has 1 N–H and O–H groups in total. The summed E-state index contributed by atoms with van der Waals surface area (Å²) in [6.45, 7) is 1.48. The van der Waals surface area contributed by atoms with Gasteiger partial charge in [-0.2, -0.15) is 0 Å². The van der Waals surface area contributed by atoms with Gasteiger partial charge in [0, 0.05) is 12.3 Å². The zero-order valence-corrected chi connectivity index (χ0v) is 12.3. The molecule has 0 saturated carbocycles. The van der Waals surface area contributed by atoms with Gasteiger partial charge in [-0.05, 0) is 42.8 Å². The van der Waals surface area contributed by atoms with Crippen LogP contribution < -0.4 is 9.47 Å². The number of carboxylic acid groups (broad SMARTS) is 1. The minimum absolute atomic E-state index is 0.498. The Balaban J connectivity index is 2.00. The van der Waals surface area contributed by atoms with Gasteiger partial charge in [0.1, 0.15) is 5.75 Å². The van der Waals surface area contributed by atoms with Crippen LogP contribution in [0.4, 0.5) is 5.69 Å². The van der Waals surface area contributed by atoms with Crippen molar-refractivity contribution in [3.63, 3.8) is 0 Å². The summed E-state index contributed by atoms with van der Waals surface area (Å²) in [5.74, 6) is 0.0313. The van der Waals surface area contributed by atoms with Crippen LogP contribution in [0.15, 0.2) is 47.6 Å². The Labute approximate surface area is 128 Å². The van der Waals surface area contributed by atoms with Crippen molar-refractivity contribution in [2.45, 2.75) is 13.0 Å². The molecule has 0 spiro atoms. The number of benzene rings is 1. The quantitative estimate of drug-likeness (QED) is 0.829. The van der Waals surface area contributed by atoms with E-state index in [0.717, 1.165) is 5.56 Å². The third kappa shape index (κ3) is 4.31. The van der Waals surface area contributed by atoms with E-state index in [1.54, 1.807) is 55.9 Å². The standard InChI is InChI=1S/C16H16N2O4/c1-11(16(19)20)22-14-6-3-12(4-7-14)9-17-13-5-8-15(21-2)18-10-13/h3-11H,1-2H3,(H,19,20)/t11-/m1/s1. The fourth-order valence-electron chi connectivity index (χ4n) is 1.61. The summed E-state index contributed by atoms with van der Waals surface area (Å²) in [5.41, 5.74) is 1.58. The molecule has 1 aromatic heterocycles. The fourth-order valence-corrected chi connectivity index (χ4v) is 1.61. The summed E-state index contributed by atoms with van der Waals surface area (Å²) in [4.78, 5) is 19.1. The SMILES string of the molecule is COc1ccc(N=Cc2ccc(O[C@H](C)C(=O)O)cc2)cn1. The van der Waals surface area contributed by atoms with Crippen LogP contribution in [-0.4, -0.2) is 35.5 Å². The first-order valence-electron chi connectivity index (χ1n) is 6.62. The fraction of sp³-hybridized carbons (Fsp3) is 0.188. The lowest BCUT2D eigenvalue weighted by Crippen LogP contribution is -2.22. The summed E-state index contributed by atoms with van der Waals surface area (Å²) < 4.78 is 10.2. The summed E-state index contributed by atoms with van der Waals surface area (Å²) in [6, 6.07) is 10.5. The number of rotatable bonds is 6. The maximum absolute atomic E-state index is 10.7. The van der Waals surface area contributed by atoms with E-state index in [1.165, 1.54) is 6.92 Å². The van der Waals surface area contributed by atoms with Crippen LogP contribution in [0.2, 0.25) is 0 Å². The number of carboxylic acids is 1. The maximum atomic E-state index is 10.7. The van der Waals surface area contributed by atoms with Crippen molar-refractivity contribution in [2.75, 3.05) is 7.11 Å². The summed E-state index contributed by atoms with van der Waals surface area (Å²) >= 11 is 0.